The second-order valence-corrected chi connectivity index (χ2v) is 10.2. The van der Waals surface area contributed by atoms with Crippen LogP contribution in [0.1, 0.15) is 17.5 Å². The quantitative estimate of drug-likeness (QED) is 0.575. The molecule has 0 radical (unpaired) electrons. The lowest BCUT2D eigenvalue weighted by atomic mass is 10.1. The van der Waals surface area contributed by atoms with Crippen LogP contribution in [0.2, 0.25) is 0 Å². The van der Waals surface area contributed by atoms with Crippen LogP contribution >= 0.6 is 11.5 Å². The molecule has 1 aliphatic heterocycles. The Bertz CT molecular complexity index is 1140. The van der Waals surface area contributed by atoms with Crippen molar-refractivity contribution in [1.82, 2.24) is 9.27 Å². The number of aryl methyl sites for hydroxylation is 1. The smallest absolute Gasteiger partial charge is 0.264 e. The monoisotopic (exact) mass is 460 g/mol. The summed E-state index contributed by atoms with van der Waals surface area (Å²) in [4.78, 5) is 4.10. The number of likely N-dealkylation sites (N-methyl/N-ethyl adjacent to an activating group) is 1. The maximum absolute atomic E-state index is 14.9. The van der Waals surface area contributed by atoms with Gasteiger partial charge >= 0.3 is 0 Å². The molecule has 1 aromatic heterocycles. The highest BCUT2D eigenvalue weighted by molar-refractivity contribution is 7.92. The number of nitrogens with zero attached hydrogens (tertiary/aromatic N) is 3. The van der Waals surface area contributed by atoms with Gasteiger partial charge in [-0.15, -0.1) is 0 Å². The molecule has 9 heteroatoms. The van der Waals surface area contributed by atoms with Gasteiger partial charge in [0.15, 0.2) is 0 Å². The number of aromatic nitrogens is 1. The zero-order chi connectivity index (χ0) is 22.0. The summed E-state index contributed by atoms with van der Waals surface area (Å²) in [5.41, 5.74) is 3.03. The zero-order valence-corrected chi connectivity index (χ0v) is 19.1. The summed E-state index contributed by atoms with van der Waals surface area (Å²) in [6, 6.07) is 13.3. The van der Waals surface area contributed by atoms with Gasteiger partial charge in [-0.25, -0.2) is 12.8 Å². The van der Waals surface area contributed by atoms with E-state index in [0.717, 1.165) is 37.6 Å². The molecule has 0 bridgehead atoms. The first-order valence-corrected chi connectivity index (χ1v) is 12.4. The Hall–Kier alpha value is -2.49. The van der Waals surface area contributed by atoms with Crippen LogP contribution in [0.15, 0.2) is 58.9 Å². The number of hydrogen-bond acceptors (Lipinski definition) is 6. The second kappa shape index (κ2) is 8.94. The third kappa shape index (κ3) is 4.89. The van der Waals surface area contributed by atoms with Gasteiger partial charge in [0.05, 0.1) is 11.9 Å². The van der Waals surface area contributed by atoms with Crippen molar-refractivity contribution in [2.75, 3.05) is 29.8 Å². The number of halogens is 1. The number of sulfonamides is 1. The molecule has 1 aliphatic rings. The molecule has 0 aliphatic carbocycles. The van der Waals surface area contributed by atoms with Gasteiger partial charge in [-0.1, -0.05) is 30.3 Å². The van der Waals surface area contributed by atoms with E-state index < -0.39 is 15.8 Å². The molecular weight excluding hydrogens is 435 g/mol. The highest BCUT2D eigenvalue weighted by Crippen LogP contribution is 2.30. The third-order valence-electron chi connectivity index (χ3n) is 5.65. The first-order chi connectivity index (χ1) is 14.8. The van der Waals surface area contributed by atoms with E-state index in [1.807, 2.05) is 32.2 Å². The highest BCUT2D eigenvalue weighted by atomic mass is 32.2. The molecule has 4 rings (SSSR count). The van der Waals surface area contributed by atoms with Gasteiger partial charge in [0.1, 0.15) is 10.7 Å². The SMILES string of the molecule is Cc1cc(S(=O)(=O)Nc2cnsc2)c(F)cc1N(C)C1CCN(Cc2ccccc2)C1. The van der Waals surface area contributed by atoms with Crippen LogP contribution in [0, 0.1) is 12.7 Å². The van der Waals surface area contributed by atoms with Gasteiger partial charge in [0, 0.05) is 43.8 Å². The Morgan fingerprint density at radius 2 is 2.06 bits per heavy atom. The lowest BCUT2D eigenvalue weighted by Crippen LogP contribution is -2.35. The molecule has 6 nitrogen and oxygen atoms in total. The van der Waals surface area contributed by atoms with Crippen molar-refractivity contribution < 1.29 is 12.8 Å². The summed E-state index contributed by atoms with van der Waals surface area (Å²) >= 11 is 1.12. The lowest BCUT2D eigenvalue weighted by Gasteiger charge is -2.29. The summed E-state index contributed by atoms with van der Waals surface area (Å²) in [5.74, 6) is -0.762. The third-order valence-corrected chi connectivity index (χ3v) is 7.63. The molecule has 1 unspecified atom stereocenters. The number of rotatable bonds is 7. The van der Waals surface area contributed by atoms with Crippen molar-refractivity contribution in [2.24, 2.45) is 0 Å². The maximum Gasteiger partial charge on any atom is 0.264 e. The number of hydrogen-bond donors (Lipinski definition) is 1. The molecule has 1 N–H and O–H groups in total. The van der Waals surface area contributed by atoms with Gasteiger partial charge in [0.2, 0.25) is 0 Å². The normalized spacial score (nSPS) is 17.1. The van der Waals surface area contributed by atoms with E-state index in [9.17, 15) is 12.8 Å². The lowest BCUT2D eigenvalue weighted by molar-refractivity contribution is 0.326. The summed E-state index contributed by atoms with van der Waals surface area (Å²) in [6.07, 6.45) is 2.37. The second-order valence-electron chi connectivity index (χ2n) is 7.86. The predicted molar refractivity (Wildman–Crippen MR) is 123 cm³/mol. The van der Waals surface area contributed by atoms with E-state index in [4.69, 9.17) is 0 Å². The summed E-state index contributed by atoms with van der Waals surface area (Å²) in [6.45, 7) is 4.54. The first-order valence-electron chi connectivity index (χ1n) is 10.0. The van der Waals surface area contributed by atoms with E-state index in [1.54, 1.807) is 5.38 Å². The molecule has 2 heterocycles. The summed E-state index contributed by atoms with van der Waals surface area (Å²) < 4.78 is 46.4. The molecule has 3 aromatic rings. The van der Waals surface area contributed by atoms with Crippen LogP contribution in [-0.2, 0) is 16.6 Å². The predicted octanol–water partition coefficient (Wildman–Crippen LogP) is 4.10. The summed E-state index contributed by atoms with van der Waals surface area (Å²) in [5, 5.41) is 1.56. The molecule has 164 valence electrons. The molecule has 31 heavy (non-hydrogen) atoms. The Kier molecular flexibility index (Phi) is 6.27. The van der Waals surface area contributed by atoms with Crippen molar-refractivity contribution in [2.45, 2.75) is 30.8 Å². The van der Waals surface area contributed by atoms with Crippen molar-refractivity contribution in [3.05, 3.63) is 71.0 Å². The van der Waals surface area contributed by atoms with Gasteiger partial charge in [0.25, 0.3) is 10.0 Å². The molecule has 1 atom stereocenters. The minimum Gasteiger partial charge on any atom is -0.370 e. The standard InChI is InChI=1S/C22H25FN4O2S2/c1-16-10-22(31(28,29)25-18-12-24-30-15-18)20(23)11-21(16)26(2)19-8-9-27(14-19)13-17-6-4-3-5-7-17/h3-7,10-12,15,19,25H,8-9,13-14H2,1-2H3. The Morgan fingerprint density at radius 3 is 2.77 bits per heavy atom. The fourth-order valence-electron chi connectivity index (χ4n) is 4.01. The van der Waals surface area contributed by atoms with Gasteiger partial charge in [-0.2, -0.15) is 4.37 Å². The van der Waals surface area contributed by atoms with E-state index >= 15 is 0 Å². The minimum absolute atomic E-state index is 0.235. The van der Waals surface area contributed by atoms with Gasteiger partial charge in [-0.05, 0) is 48.1 Å². The number of likely N-dealkylation sites (tertiary alicyclic amines) is 1. The van der Waals surface area contributed by atoms with Crippen LogP contribution in [0.5, 0.6) is 0 Å². The Labute approximate surface area is 186 Å². The maximum atomic E-state index is 14.9. The number of nitrogens with one attached hydrogen (secondary N) is 1. The molecule has 2 aromatic carbocycles. The average molecular weight is 461 g/mol. The van der Waals surface area contributed by atoms with E-state index in [0.29, 0.717) is 16.9 Å². The molecule has 1 saturated heterocycles. The fraction of sp³-hybridized carbons (Fsp3) is 0.318. The minimum atomic E-state index is -4.03. The number of anilines is 2. The Balaban J connectivity index is 1.49. The molecular formula is C22H25FN4O2S2. The summed E-state index contributed by atoms with van der Waals surface area (Å²) in [7, 11) is -2.08. The zero-order valence-electron chi connectivity index (χ0n) is 17.5. The van der Waals surface area contributed by atoms with Crippen LogP contribution in [0.3, 0.4) is 0 Å². The highest BCUT2D eigenvalue weighted by Gasteiger charge is 2.28. The topological polar surface area (TPSA) is 65.5 Å². The average Bonchev–Trinajstić information content (AvgIpc) is 3.41. The Morgan fingerprint density at radius 1 is 1.29 bits per heavy atom. The van der Waals surface area contributed by atoms with E-state index in [-0.39, 0.29) is 10.9 Å². The van der Waals surface area contributed by atoms with Crippen LogP contribution in [0.25, 0.3) is 0 Å². The van der Waals surface area contributed by atoms with E-state index in [1.165, 1.54) is 23.9 Å². The van der Waals surface area contributed by atoms with Crippen molar-refractivity contribution in [3.63, 3.8) is 0 Å². The van der Waals surface area contributed by atoms with Crippen LogP contribution in [-0.4, -0.2) is 43.9 Å². The fourth-order valence-corrected chi connectivity index (χ4v) is 5.73. The van der Waals surface area contributed by atoms with Gasteiger partial charge in [-0.3, -0.25) is 9.62 Å². The van der Waals surface area contributed by atoms with Crippen molar-refractivity contribution >= 4 is 32.9 Å². The molecule has 0 amide bonds. The van der Waals surface area contributed by atoms with Gasteiger partial charge < -0.3 is 4.90 Å². The molecule has 1 fully saturated rings. The first kappa shape index (κ1) is 21.7. The van der Waals surface area contributed by atoms with Crippen LogP contribution < -0.4 is 9.62 Å². The van der Waals surface area contributed by atoms with Crippen molar-refractivity contribution in [1.29, 1.82) is 0 Å². The van der Waals surface area contributed by atoms with E-state index in [2.05, 4.69) is 31.0 Å². The van der Waals surface area contributed by atoms with Crippen molar-refractivity contribution in [3.8, 4) is 0 Å². The largest absolute Gasteiger partial charge is 0.370 e. The number of benzene rings is 2. The molecule has 0 spiro atoms. The molecule has 0 saturated carbocycles. The van der Waals surface area contributed by atoms with Crippen LogP contribution in [0.4, 0.5) is 15.8 Å².